The van der Waals surface area contributed by atoms with Crippen LogP contribution in [-0.4, -0.2) is 49.5 Å². The Bertz CT molecular complexity index is 795. The van der Waals surface area contributed by atoms with Gasteiger partial charge in [0, 0.05) is 25.1 Å². The van der Waals surface area contributed by atoms with E-state index in [1.165, 1.54) is 5.69 Å². The van der Waals surface area contributed by atoms with Gasteiger partial charge in [-0.15, -0.1) is 0 Å². The predicted molar refractivity (Wildman–Crippen MR) is 124 cm³/mol. The molecular weight excluding hydrogens is 398 g/mol. The van der Waals surface area contributed by atoms with Crippen LogP contribution < -0.4 is 4.90 Å². The molecule has 0 amide bonds. The zero-order valence-electron chi connectivity index (χ0n) is 19.5. The molecule has 0 spiro atoms. The quantitative estimate of drug-likeness (QED) is 0.529. The first-order valence-electron chi connectivity index (χ1n) is 11.2. The maximum atomic E-state index is 12.3. The first kappa shape index (κ1) is 24.9. The van der Waals surface area contributed by atoms with E-state index >= 15 is 0 Å². The number of sulfone groups is 1. The van der Waals surface area contributed by atoms with Crippen molar-refractivity contribution < 1.29 is 17.9 Å². The van der Waals surface area contributed by atoms with Gasteiger partial charge >= 0.3 is 0 Å². The lowest BCUT2D eigenvalue weighted by atomic mass is 10.0. The molecule has 0 aliphatic carbocycles. The fourth-order valence-electron chi connectivity index (χ4n) is 3.78. The molecule has 5 nitrogen and oxygen atoms in total. The van der Waals surface area contributed by atoms with E-state index in [0.29, 0.717) is 25.3 Å². The molecule has 0 N–H and O–H groups in total. The highest BCUT2D eigenvalue weighted by atomic mass is 32.2. The second-order valence-electron chi connectivity index (χ2n) is 9.67. The number of nitrogens with zero attached hydrogens (tertiary/aromatic N) is 1. The monoisotopic (exact) mass is 437 g/mol. The van der Waals surface area contributed by atoms with Gasteiger partial charge in [0.05, 0.1) is 28.7 Å². The number of hydrogen-bond donors (Lipinski definition) is 0. The molecule has 1 aromatic carbocycles. The first-order chi connectivity index (χ1) is 13.9. The van der Waals surface area contributed by atoms with E-state index in [4.69, 9.17) is 4.74 Å². The lowest BCUT2D eigenvalue weighted by Gasteiger charge is -2.42. The highest BCUT2D eigenvalue weighted by Crippen LogP contribution is 2.26. The summed E-state index contributed by atoms with van der Waals surface area (Å²) in [6, 6.07) is 8.60. The van der Waals surface area contributed by atoms with Crippen LogP contribution >= 0.6 is 0 Å². The summed E-state index contributed by atoms with van der Waals surface area (Å²) in [6.07, 6.45) is 3.47. The van der Waals surface area contributed by atoms with Crippen LogP contribution in [0.3, 0.4) is 0 Å². The molecule has 6 heteroatoms. The Morgan fingerprint density at radius 3 is 2.30 bits per heavy atom. The fraction of sp³-hybridized carbons (Fsp3) is 0.708. The molecule has 1 aliphatic heterocycles. The van der Waals surface area contributed by atoms with Crippen molar-refractivity contribution in [2.45, 2.75) is 96.6 Å². The number of rotatable bonds is 9. The smallest absolute Gasteiger partial charge is 0.155 e. The van der Waals surface area contributed by atoms with Crippen LogP contribution in [0.15, 0.2) is 24.3 Å². The van der Waals surface area contributed by atoms with E-state index in [-0.39, 0.29) is 23.7 Å². The average Bonchev–Trinajstić information content (AvgIpc) is 2.64. The maximum Gasteiger partial charge on any atom is 0.155 e. The van der Waals surface area contributed by atoms with E-state index in [9.17, 15) is 13.2 Å². The minimum atomic E-state index is -3.07. The first-order valence-corrected chi connectivity index (χ1v) is 12.8. The van der Waals surface area contributed by atoms with Crippen molar-refractivity contribution in [1.82, 2.24) is 0 Å². The molecular formula is C24H39NO4S. The van der Waals surface area contributed by atoms with Gasteiger partial charge in [-0.1, -0.05) is 18.6 Å². The zero-order valence-corrected chi connectivity index (χ0v) is 20.3. The lowest BCUT2D eigenvalue weighted by molar-refractivity contribution is -0.118. The third-order valence-corrected chi connectivity index (χ3v) is 8.73. The van der Waals surface area contributed by atoms with Crippen molar-refractivity contribution in [2.75, 3.05) is 17.2 Å². The van der Waals surface area contributed by atoms with Crippen molar-refractivity contribution >= 4 is 21.3 Å². The minimum absolute atomic E-state index is 0.188. The van der Waals surface area contributed by atoms with Crippen LogP contribution in [0.4, 0.5) is 5.69 Å². The van der Waals surface area contributed by atoms with Gasteiger partial charge in [0.25, 0.3) is 0 Å². The fourth-order valence-corrected chi connectivity index (χ4v) is 4.98. The molecule has 1 fully saturated rings. The van der Waals surface area contributed by atoms with Gasteiger partial charge in [0.15, 0.2) is 9.84 Å². The van der Waals surface area contributed by atoms with Crippen LogP contribution in [0.2, 0.25) is 0 Å². The van der Waals surface area contributed by atoms with E-state index in [1.54, 1.807) is 20.8 Å². The summed E-state index contributed by atoms with van der Waals surface area (Å²) in [5.74, 6) is 0.409. The van der Waals surface area contributed by atoms with E-state index < -0.39 is 14.6 Å². The van der Waals surface area contributed by atoms with Gasteiger partial charge in [0.2, 0.25) is 0 Å². The van der Waals surface area contributed by atoms with Gasteiger partial charge in [-0.05, 0) is 72.1 Å². The van der Waals surface area contributed by atoms with Crippen LogP contribution in [0.1, 0.15) is 72.8 Å². The molecule has 170 valence electrons. The van der Waals surface area contributed by atoms with E-state index in [2.05, 4.69) is 37.8 Å². The molecule has 1 unspecified atom stereocenters. The van der Waals surface area contributed by atoms with Crippen molar-refractivity contribution in [3.05, 3.63) is 29.8 Å². The molecule has 1 aromatic rings. The number of unbranched alkanes of at least 4 members (excludes halogenated alkanes) is 2. The van der Waals surface area contributed by atoms with Gasteiger partial charge in [0.1, 0.15) is 5.78 Å². The Balaban J connectivity index is 1.77. The number of morpholine rings is 1. The number of carbonyl (C=O) groups is 1. The van der Waals surface area contributed by atoms with Gasteiger partial charge in [-0.25, -0.2) is 8.42 Å². The normalized spacial score (nSPS) is 22.9. The SMILES string of the molecule is CC1[C@@H](C)O[C@@H](C)CN1c1ccc(CC(=O)CCCCCS(=O)(=O)C(C)(C)C)cc1. The van der Waals surface area contributed by atoms with Crippen LogP contribution in [0, 0.1) is 0 Å². The molecule has 2 rings (SSSR count). The second kappa shape index (κ2) is 10.3. The number of ether oxygens (including phenoxy) is 1. The second-order valence-corrected chi connectivity index (χ2v) is 12.5. The van der Waals surface area contributed by atoms with Gasteiger partial charge < -0.3 is 9.64 Å². The summed E-state index contributed by atoms with van der Waals surface area (Å²) in [6.45, 7) is 12.5. The molecule has 0 radical (unpaired) electrons. The van der Waals surface area contributed by atoms with E-state index in [1.807, 2.05) is 12.1 Å². The third kappa shape index (κ3) is 6.81. The number of hydrogen-bond acceptors (Lipinski definition) is 5. The van der Waals surface area contributed by atoms with Crippen molar-refractivity contribution in [1.29, 1.82) is 0 Å². The van der Waals surface area contributed by atoms with Crippen molar-refractivity contribution in [2.24, 2.45) is 0 Å². The summed E-state index contributed by atoms with van der Waals surface area (Å²) in [5.41, 5.74) is 2.20. The molecule has 3 atom stereocenters. The maximum absolute atomic E-state index is 12.3. The largest absolute Gasteiger partial charge is 0.372 e. The average molecular weight is 438 g/mol. The number of ketones is 1. The summed E-state index contributed by atoms with van der Waals surface area (Å²) in [5, 5.41) is 0. The standard InChI is InChI=1S/C24H39NO4S/c1-18-17-25(19(2)20(3)29-18)22-13-11-21(12-14-22)16-23(26)10-8-7-9-15-30(27,28)24(4,5)6/h11-14,18-20H,7-10,15-17H2,1-6H3/t18-,19?,20+/m0/s1. The molecule has 1 saturated heterocycles. The van der Waals surface area contributed by atoms with Crippen molar-refractivity contribution in [3.8, 4) is 0 Å². The number of anilines is 1. The Hall–Kier alpha value is -1.40. The summed E-state index contributed by atoms with van der Waals surface area (Å²) >= 11 is 0. The Morgan fingerprint density at radius 2 is 1.70 bits per heavy atom. The van der Waals surface area contributed by atoms with Gasteiger partial charge in [-0.2, -0.15) is 0 Å². The summed E-state index contributed by atoms with van der Waals surface area (Å²) < 4.78 is 29.4. The van der Waals surface area contributed by atoms with Crippen LogP contribution in [0.5, 0.6) is 0 Å². The molecule has 0 bridgehead atoms. The van der Waals surface area contributed by atoms with Crippen LogP contribution in [0.25, 0.3) is 0 Å². The molecule has 1 heterocycles. The number of carbonyl (C=O) groups excluding carboxylic acids is 1. The molecule has 0 aromatic heterocycles. The molecule has 30 heavy (non-hydrogen) atoms. The summed E-state index contributed by atoms with van der Waals surface area (Å²) in [7, 11) is -3.07. The zero-order chi connectivity index (χ0) is 22.5. The third-order valence-electron chi connectivity index (χ3n) is 6.04. The Labute approximate surface area is 183 Å². The van der Waals surface area contributed by atoms with Gasteiger partial charge in [-0.3, -0.25) is 4.79 Å². The predicted octanol–water partition coefficient (Wildman–Crippen LogP) is 4.57. The lowest BCUT2D eigenvalue weighted by Crippen LogP contribution is -2.52. The number of benzene rings is 1. The Morgan fingerprint density at radius 1 is 1.07 bits per heavy atom. The Kier molecular flexibility index (Phi) is 8.51. The number of Topliss-reactive ketones (excluding diaryl/α,β-unsaturated/α-hetero) is 1. The topological polar surface area (TPSA) is 63.7 Å². The minimum Gasteiger partial charge on any atom is -0.372 e. The highest BCUT2D eigenvalue weighted by Gasteiger charge is 2.29. The summed E-state index contributed by atoms with van der Waals surface area (Å²) in [4.78, 5) is 14.7. The van der Waals surface area contributed by atoms with Crippen LogP contribution in [-0.2, 0) is 25.8 Å². The highest BCUT2D eigenvalue weighted by molar-refractivity contribution is 7.92. The van der Waals surface area contributed by atoms with E-state index in [0.717, 1.165) is 24.9 Å². The van der Waals surface area contributed by atoms with Crippen molar-refractivity contribution in [3.63, 3.8) is 0 Å². The molecule has 0 saturated carbocycles. The molecule has 1 aliphatic rings.